The Bertz CT molecular complexity index is 483. The van der Waals surface area contributed by atoms with E-state index in [1.165, 1.54) is 0 Å². The van der Waals surface area contributed by atoms with Crippen molar-refractivity contribution in [2.24, 2.45) is 5.73 Å². The Morgan fingerprint density at radius 1 is 1.14 bits per heavy atom. The number of hydrogen-bond acceptors (Lipinski definition) is 2. The molecule has 14 heavy (non-hydrogen) atoms. The second-order valence-corrected chi connectivity index (χ2v) is 3.78. The molecule has 72 valence electrons. The molecule has 1 aromatic heterocycles. The third-order valence-corrected chi connectivity index (χ3v) is 2.72. The van der Waals surface area contributed by atoms with Crippen molar-refractivity contribution in [1.82, 2.24) is 4.98 Å². The van der Waals surface area contributed by atoms with E-state index in [-0.39, 0.29) is 0 Å². The molecule has 0 spiro atoms. The summed E-state index contributed by atoms with van der Waals surface area (Å²) >= 11 is 11.8. The summed E-state index contributed by atoms with van der Waals surface area (Å²) in [6, 6.07) is 7.37. The van der Waals surface area contributed by atoms with Gasteiger partial charge < -0.3 is 5.73 Å². The lowest BCUT2D eigenvalue weighted by Crippen LogP contribution is -1.98. The minimum Gasteiger partial charge on any atom is -0.325 e. The van der Waals surface area contributed by atoms with Crippen LogP contribution < -0.4 is 5.73 Å². The summed E-state index contributed by atoms with van der Waals surface area (Å²) in [6.07, 6.45) is 0. The van der Waals surface area contributed by atoms with Crippen LogP contribution >= 0.6 is 23.2 Å². The maximum Gasteiger partial charge on any atom is 0.0721 e. The van der Waals surface area contributed by atoms with Crippen LogP contribution in [0.4, 0.5) is 0 Å². The molecular formula is C10H8Cl2N2. The summed E-state index contributed by atoms with van der Waals surface area (Å²) in [6.45, 7) is 0.427. The van der Waals surface area contributed by atoms with E-state index in [2.05, 4.69) is 4.98 Å². The first-order valence-electron chi connectivity index (χ1n) is 4.15. The van der Waals surface area contributed by atoms with Gasteiger partial charge in [-0.15, -0.1) is 0 Å². The van der Waals surface area contributed by atoms with Crippen LogP contribution in [-0.4, -0.2) is 4.98 Å². The van der Waals surface area contributed by atoms with Gasteiger partial charge in [0.15, 0.2) is 0 Å². The van der Waals surface area contributed by atoms with E-state index in [9.17, 15) is 0 Å². The zero-order valence-electron chi connectivity index (χ0n) is 7.30. The predicted molar refractivity (Wildman–Crippen MR) is 59.7 cm³/mol. The maximum absolute atomic E-state index is 5.88. The van der Waals surface area contributed by atoms with Gasteiger partial charge in [0, 0.05) is 11.9 Å². The molecule has 2 aromatic rings. The van der Waals surface area contributed by atoms with Crippen molar-refractivity contribution in [1.29, 1.82) is 0 Å². The third-order valence-electron chi connectivity index (χ3n) is 2.00. The van der Waals surface area contributed by atoms with Gasteiger partial charge in [-0.1, -0.05) is 29.3 Å². The fourth-order valence-electron chi connectivity index (χ4n) is 1.27. The van der Waals surface area contributed by atoms with E-state index in [1.54, 1.807) is 12.1 Å². The van der Waals surface area contributed by atoms with Crippen molar-refractivity contribution in [3.05, 3.63) is 40.0 Å². The lowest BCUT2D eigenvalue weighted by atomic mass is 10.2. The zero-order valence-corrected chi connectivity index (χ0v) is 8.81. The third kappa shape index (κ3) is 1.69. The molecule has 0 amide bonds. The largest absolute Gasteiger partial charge is 0.325 e. The molecule has 4 heteroatoms. The van der Waals surface area contributed by atoms with Crippen LogP contribution in [0.25, 0.3) is 10.9 Å². The number of benzene rings is 1. The molecule has 0 bridgehead atoms. The number of nitrogens with two attached hydrogens (primary N) is 1. The number of pyridine rings is 1. The lowest BCUT2D eigenvalue weighted by molar-refractivity contribution is 1.01. The van der Waals surface area contributed by atoms with Gasteiger partial charge in [0.25, 0.3) is 0 Å². The number of aromatic nitrogens is 1. The first-order chi connectivity index (χ1) is 6.70. The van der Waals surface area contributed by atoms with Crippen molar-refractivity contribution >= 4 is 34.1 Å². The smallest absolute Gasteiger partial charge is 0.0721 e. The van der Waals surface area contributed by atoms with Crippen LogP contribution in [0.15, 0.2) is 24.3 Å². The molecule has 0 radical (unpaired) electrons. The van der Waals surface area contributed by atoms with E-state index in [0.29, 0.717) is 16.6 Å². The SMILES string of the molecule is NCc1ccc2cc(Cl)c(Cl)cc2n1. The summed E-state index contributed by atoms with van der Waals surface area (Å²) in [4.78, 5) is 4.33. The monoisotopic (exact) mass is 226 g/mol. The zero-order chi connectivity index (χ0) is 10.1. The van der Waals surface area contributed by atoms with Crippen LogP contribution in [0, 0.1) is 0 Å². The number of nitrogens with zero attached hydrogens (tertiary/aromatic N) is 1. The number of hydrogen-bond donors (Lipinski definition) is 1. The van der Waals surface area contributed by atoms with Crippen molar-refractivity contribution in [2.45, 2.75) is 6.54 Å². The first kappa shape index (κ1) is 9.71. The minimum atomic E-state index is 0.427. The molecule has 2 N–H and O–H groups in total. The molecule has 1 aromatic carbocycles. The van der Waals surface area contributed by atoms with Crippen molar-refractivity contribution in [3.63, 3.8) is 0 Å². The van der Waals surface area contributed by atoms with Gasteiger partial charge in [-0.3, -0.25) is 4.98 Å². The van der Waals surface area contributed by atoms with Gasteiger partial charge in [-0.2, -0.15) is 0 Å². The van der Waals surface area contributed by atoms with Gasteiger partial charge in [-0.05, 0) is 18.2 Å². The van der Waals surface area contributed by atoms with Gasteiger partial charge in [0.05, 0.1) is 21.3 Å². The Hall–Kier alpha value is -0.830. The Balaban J connectivity index is 2.70. The second kappa shape index (κ2) is 3.73. The molecule has 2 rings (SSSR count). The highest BCUT2D eigenvalue weighted by Gasteiger charge is 2.02. The average Bonchev–Trinajstić information content (AvgIpc) is 2.19. The highest BCUT2D eigenvalue weighted by Crippen LogP contribution is 2.26. The molecule has 0 aliphatic rings. The quantitative estimate of drug-likeness (QED) is 0.813. The molecule has 0 atom stereocenters. The van der Waals surface area contributed by atoms with Crippen molar-refractivity contribution in [3.8, 4) is 0 Å². The topological polar surface area (TPSA) is 38.9 Å². The highest BCUT2D eigenvalue weighted by atomic mass is 35.5. The molecule has 1 heterocycles. The molecule has 0 saturated heterocycles. The van der Waals surface area contributed by atoms with Crippen molar-refractivity contribution < 1.29 is 0 Å². The fourth-order valence-corrected chi connectivity index (χ4v) is 1.60. The summed E-state index contributed by atoms with van der Waals surface area (Å²) in [5.41, 5.74) is 7.15. The van der Waals surface area contributed by atoms with E-state index in [0.717, 1.165) is 16.6 Å². The second-order valence-electron chi connectivity index (χ2n) is 2.97. The predicted octanol–water partition coefficient (Wildman–Crippen LogP) is 3.00. The number of fused-ring (bicyclic) bond motifs is 1. The normalized spacial score (nSPS) is 10.8. The number of rotatable bonds is 1. The standard InChI is InChI=1S/C10H8Cl2N2/c11-8-3-6-1-2-7(5-13)14-10(6)4-9(8)12/h1-4H,5,13H2. The Kier molecular flexibility index (Phi) is 2.59. The molecule has 0 unspecified atom stereocenters. The summed E-state index contributed by atoms with van der Waals surface area (Å²) in [5.74, 6) is 0. The van der Waals surface area contributed by atoms with E-state index in [1.807, 2.05) is 12.1 Å². The van der Waals surface area contributed by atoms with Crippen LogP contribution in [0.1, 0.15) is 5.69 Å². The van der Waals surface area contributed by atoms with Crippen molar-refractivity contribution in [2.75, 3.05) is 0 Å². The Morgan fingerprint density at radius 2 is 1.86 bits per heavy atom. The van der Waals surface area contributed by atoms with Crippen LogP contribution in [-0.2, 0) is 6.54 Å². The van der Waals surface area contributed by atoms with Gasteiger partial charge in [0.2, 0.25) is 0 Å². The minimum absolute atomic E-state index is 0.427. The van der Waals surface area contributed by atoms with Crippen LogP contribution in [0.3, 0.4) is 0 Å². The van der Waals surface area contributed by atoms with Gasteiger partial charge >= 0.3 is 0 Å². The number of halogens is 2. The molecule has 0 fully saturated rings. The maximum atomic E-state index is 5.88. The lowest BCUT2D eigenvalue weighted by Gasteiger charge is -2.02. The molecular weight excluding hydrogens is 219 g/mol. The first-order valence-corrected chi connectivity index (χ1v) is 4.91. The van der Waals surface area contributed by atoms with Gasteiger partial charge in [0.1, 0.15) is 0 Å². The summed E-state index contributed by atoms with van der Waals surface area (Å²) < 4.78 is 0. The Morgan fingerprint density at radius 3 is 2.57 bits per heavy atom. The highest BCUT2D eigenvalue weighted by molar-refractivity contribution is 6.42. The average molecular weight is 227 g/mol. The summed E-state index contributed by atoms with van der Waals surface area (Å²) in [7, 11) is 0. The van der Waals surface area contributed by atoms with Crippen LogP contribution in [0.5, 0.6) is 0 Å². The molecule has 0 aliphatic carbocycles. The van der Waals surface area contributed by atoms with E-state index >= 15 is 0 Å². The summed E-state index contributed by atoms with van der Waals surface area (Å²) in [5, 5.41) is 2.03. The van der Waals surface area contributed by atoms with Crippen LogP contribution in [0.2, 0.25) is 10.0 Å². The molecule has 2 nitrogen and oxygen atoms in total. The molecule has 0 saturated carbocycles. The van der Waals surface area contributed by atoms with E-state index in [4.69, 9.17) is 28.9 Å². The van der Waals surface area contributed by atoms with E-state index < -0.39 is 0 Å². The fraction of sp³-hybridized carbons (Fsp3) is 0.100. The Labute approximate surface area is 91.6 Å². The van der Waals surface area contributed by atoms with Gasteiger partial charge in [-0.25, -0.2) is 0 Å². The molecule has 0 aliphatic heterocycles.